The quantitative estimate of drug-likeness (QED) is 0.228. The van der Waals surface area contributed by atoms with Gasteiger partial charge in [-0.2, -0.15) is 0 Å². The molecule has 1 fully saturated rings. The number of hydrogen-bond donors (Lipinski definition) is 6. The van der Waals surface area contributed by atoms with Crippen molar-refractivity contribution >= 4 is 23.7 Å². The first-order valence-electron chi connectivity index (χ1n) is 12.6. The lowest BCUT2D eigenvalue weighted by Gasteiger charge is -2.25. The molecular formula is C26H36N6O5. The van der Waals surface area contributed by atoms with E-state index in [9.17, 15) is 24.3 Å². The van der Waals surface area contributed by atoms with E-state index < -0.39 is 35.9 Å². The monoisotopic (exact) mass is 512 g/mol. The number of rotatable bonds is 13. The first kappa shape index (κ1) is 27.9. The number of carbonyl (C=O) groups is 4. The maximum atomic E-state index is 13.5. The molecule has 1 aromatic heterocycles. The molecular weight excluding hydrogens is 476 g/mol. The predicted molar refractivity (Wildman–Crippen MR) is 136 cm³/mol. The number of carbonyl (C=O) groups excluding carboxylic acids is 3. The number of carboxylic acids is 1. The summed E-state index contributed by atoms with van der Waals surface area (Å²) in [5, 5.41) is 20.8. The predicted octanol–water partition coefficient (Wildman–Crippen LogP) is 0.532. The number of aliphatic carboxylic acids is 1. The average molecular weight is 513 g/mol. The number of hydrogen-bond acceptors (Lipinski definition) is 6. The average Bonchev–Trinajstić information content (AvgIpc) is 3.57. The fourth-order valence-corrected chi connectivity index (χ4v) is 4.30. The van der Waals surface area contributed by atoms with Gasteiger partial charge in [-0.05, 0) is 37.3 Å². The summed E-state index contributed by atoms with van der Waals surface area (Å²) in [5.41, 5.74) is 1.44. The number of imidazole rings is 1. The van der Waals surface area contributed by atoms with E-state index in [0.717, 1.165) is 18.5 Å². The third-order valence-electron chi connectivity index (χ3n) is 6.23. The van der Waals surface area contributed by atoms with E-state index in [1.165, 1.54) is 12.5 Å². The summed E-state index contributed by atoms with van der Waals surface area (Å²) in [6, 6.07) is 5.79. The molecule has 2 heterocycles. The Morgan fingerprint density at radius 3 is 2.24 bits per heavy atom. The van der Waals surface area contributed by atoms with E-state index in [2.05, 4.69) is 31.2 Å². The Hall–Kier alpha value is -3.73. The molecule has 200 valence electrons. The van der Waals surface area contributed by atoms with Gasteiger partial charge in [0.15, 0.2) is 0 Å². The van der Waals surface area contributed by atoms with Crippen LogP contribution < -0.4 is 21.3 Å². The molecule has 4 atom stereocenters. The highest BCUT2D eigenvalue weighted by Gasteiger charge is 2.32. The summed E-state index contributed by atoms with van der Waals surface area (Å²) < 4.78 is 0. The molecule has 11 nitrogen and oxygen atoms in total. The highest BCUT2D eigenvalue weighted by atomic mass is 16.4. The maximum absolute atomic E-state index is 13.5. The van der Waals surface area contributed by atoms with E-state index in [1.54, 1.807) is 0 Å². The molecule has 3 amide bonds. The fourth-order valence-electron chi connectivity index (χ4n) is 4.30. The summed E-state index contributed by atoms with van der Waals surface area (Å²) in [6.45, 7) is 4.46. The second-order valence-electron chi connectivity index (χ2n) is 9.77. The lowest BCUT2D eigenvalue weighted by molar-refractivity contribution is -0.142. The second-order valence-corrected chi connectivity index (χ2v) is 9.77. The van der Waals surface area contributed by atoms with Gasteiger partial charge in [-0.1, -0.05) is 44.2 Å². The third kappa shape index (κ3) is 8.71. The number of amides is 3. The Balaban J connectivity index is 1.78. The van der Waals surface area contributed by atoms with Crippen LogP contribution in [0.5, 0.6) is 0 Å². The highest BCUT2D eigenvalue weighted by Crippen LogP contribution is 2.10. The van der Waals surface area contributed by atoms with Gasteiger partial charge >= 0.3 is 5.97 Å². The van der Waals surface area contributed by atoms with Crippen LogP contribution in [0.3, 0.4) is 0 Å². The Bertz CT molecular complexity index is 1040. The number of aromatic amines is 1. The fraction of sp³-hybridized carbons (Fsp3) is 0.500. The third-order valence-corrected chi connectivity index (χ3v) is 6.23. The smallest absolute Gasteiger partial charge is 0.326 e. The van der Waals surface area contributed by atoms with Crippen LogP contribution in [0.4, 0.5) is 0 Å². The van der Waals surface area contributed by atoms with Gasteiger partial charge in [0.1, 0.15) is 18.1 Å². The van der Waals surface area contributed by atoms with Gasteiger partial charge in [-0.3, -0.25) is 14.4 Å². The normalized spacial score (nSPS) is 17.5. The number of carboxylic acid groups (broad SMARTS) is 1. The standard InChI is InChI=1S/C26H36N6O5/c1-16(2)11-22(26(36)37)32-25(35)21(13-18-14-27-15-29-18)31-24(34)20(12-17-7-4-3-5-8-17)30-23(33)19-9-6-10-28-19/h3-5,7-8,14-16,19-22,28H,6,9-13H2,1-2H3,(H,27,29)(H,30,33)(H,31,34)(H,32,35)(H,36,37). The van der Waals surface area contributed by atoms with Gasteiger partial charge in [-0.25, -0.2) is 9.78 Å². The number of nitrogens with zero attached hydrogens (tertiary/aromatic N) is 1. The Kier molecular flexibility index (Phi) is 10.2. The molecule has 1 aromatic carbocycles. The van der Waals surface area contributed by atoms with Crippen LogP contribution in [-0.4, -0.2) is 69.5 Å². The lowest BCUT2D eigenvalue weighted by atomic mass is 10.0. The molecule has 0 radical (unpaired) electrons. The van der Waals surface area contributed by atoms with Crippen LogP contribution in [0.15, 0.2) is 42.9 Å². The van der Waals surface area contributed by atoms with E-state index in [-0.39, 0.29) is 37.1 Å². The van der Waals surface area contributed by atoms with Crippen LogP contribution in [-0.2, 0) is 32.0 Å². The molecule has 1 aliphatic rings. The van der Waals surface area contributed by atoms with Crippen LogP contribution in [0.25, 0.3) is 0 Å². The van der Waals surface area contributed by atoms with Crippen LogP contribution >= 0.6 is 0 Å². The Morgan fingerprint density at radius 1 is 1.00 bits per heavy atom. The molecule has 1 saturated heterocycles. The molecule has 0 saturated carbocycles. The van der Waals surface area contributed by atoms with Gasteiger partial charge in [0.05, 0.1) is 12.4 Å². The van der Waals surface area contributed by atoms with E-state index in [0.29, 0.717) is 12.1 Å². The summed E-state index contributed by atoms with van der Waals surface area (Å²) in [5.74, 6) is -2.54. The molecule has 0 aliphatic carbocycles. The summed E-state index contributed by atoms with van der Waals surface area (Å²) in [7, 11) is 0. The summed E-state index contributed by atoms with van der Waals surface area (Å²) in [6.07, 6.45) is 5.09. The zero-order valence-corrected chi connectivity index (χ0v) is 21.2. The first-order valence-corrected chi connectivity index (χ1v) is 12.6. The van der Waals surface area contributed by atoms with Gasteiger partial charge in [0.25, 0.3) is 0 Å². The number of H-pyrrole nitrogens is 1. The van der Waals surface area contributed by atoms with Crippen molar-refractivity contribution in [2.24, 2.45) is 5.92 Å². The zero-order valence-electron chi connectivity index (χ0n) is 21.2. The molecule has 4 unspecified atom stereocenters. The Labute approximate surface area is 216 Å². The highest BCUT2D eigenvalue weighted by molar-refractivity contribution is 5.94. The molecule has 0 bridgehead atoms. The van der Waals surface area contributed by atoms with Gasteiger partial charge in [0, 0.05) is 24.7 Å². The van der Waals surface area contributed by atoms with Crippen molar-refractivity contribution in [3.05, 3.63) is 54.1 Å². The van der Waals surface area contributed by atoms with Crippen molar-refractivity contribution in [1.82, 2.24) is 31.2 Å². The van der Waals surface area contributed by atoms with E-state index >= 15 is 0 Å². The van der Waals surface area contributed by atoms with Crippen LogP contribution in [0.1, 0.15) is 44.4 Å². The molecule has 11 heteroatoms. The molecule has 6 N–H and O–H groups in total. The first-order chi connectivity index (χ1) is 17.7. The zero-order chi connectivity index (χ0) is 26.8. The van der Waals surface area contributed by atoms with Crippen molar-refractivity contribution in [3.8, 4) is 0 Å². The maximum Gasteiger partial charge on any atom is 0.326 e. The van der Waals surface area contributed by atoms with E-state index in [4.69, 9.17) is 0 Å². The Morgan fingerprint density at radius 2 is 1.68 bits per heavy atom. The summed E-state index contributed by atoms with van der Waals surface area (Å²) in [4.78, 5) is 58.1. The largest absolute Gasteiger partial charge is 0.480 e. The van der Waals surface area contributed by atoms with Gasteiger partial charge < -0.3 is 31.4 Å². The van der Waals surface area contributed by atoms with Crippen LogP contribution in [0.2, 0.25) is 0 Å². The van der Waals surface area contributed by atoms with Crippen molar-refractivity contribution in [2.75, 3.05) is 6.54 Å². The molecule has 3 rings (SSSR count). The minimum absolute atomic E-state index is 0.0386. The van der Waals surface area contributed by atoms with Gasteiger partial charge in [0.2, 0.25) is 17.7 Å². The minimum atomic E-state index is -1.15. The molecule has 2 aromatic rings. The molecule has 1 aliphatic heterocycles. The second kappa shape index (κ2) is 13.5. The van der Waals surface area contributed by atoms with Gasteiger partial charge in [-0.15, -0.1) is 0 Å². The minimum Gasteiger partial charge on any atom is -0.480 e. The number of nitrogens with one attached hydrogen (secondary N) is 5. The van der Waals surface area contributed by atoms with E-state index in [1.807, 2.05) is 44.2 Å². The van der Waals surface area contributed by atoms with Crippen molar-refractivity contribution < 1.29 is 24.3 Å². The van der Waals surface area contributed by atoms with Crippen molar-refractivity contribution in [3.63, 3.8) is 0 Å². The summed E-state index contributed by atoms with van der Waals surface area (Å²) >= 11 is 0. The lowest BCUT2D eigenvalue weighted by Crippen LogP contribution is -2.58. The number of aromatic nitrogens is 2. The van der Waals surface area contributed by atoms with Crippen LogP contribution in [0, 0.1) is 5.92 Å². The van der Waals surface area contributed by atoms with Crippen molar-refractivity contribution in [1.29, 1.82) is 0 Å². The SMILES string of the molecule is CC(C)CC(NC(=O)C(Cc1cnc[nH]1)NC(=O)C(Cc1ccccc1)NC(=O)C1CCCN1)C(=O)O. The van der Waals surface area contributed by atoms with Crippen molar-refractivity contribution in [2.45, 2.75) is 70.1 Å². The number of benzene rings is 1. The molecule has 0 spiro atoms. The molecule has 37 heavy (non-hydrogen) atoms. The topological polar surface area (TPSA) is 165 Å².